The van der Waals surface area contributed by atoms with Gasteiger partial charge in [-0.05, 0) is 31.2 Å². The number of H-pyrrole nitrogens is 1. The number of hydrogen-bond donors (Lipinski definition) is 2. The molecule has 0 radical (unpaired) electrons. The largest absolute Gasteiger partial charge is 0.488 e. The van der Waals surface area contributed by atoms with Gasteiger partial charge < -0.3 is 29.2 Å². The Kier molecular flexibility index (Phi) is 6.45. The van der Waals surface area contributed by atoms with E-state index in [1.165, 1.54) is 11.1 Å². The number of fused-ring (bicyclic) bond motifs is 1. The van der Waals surface area contributed by atoms with Crippen LogP contribution in [-0.2, 0) is 4.74 Å². The zero-order valence-electron chi connectivity index (χ0n) is 18.5. The second-order valence-corrected chi connectivity index (χ2v) is 7.54. The first-order valence-corrected chi connectivity index (χ1v) is 10.2. The second kappa shape index (κ2) is 9.61. The smallest absolute Gasteiger partial charge is 0.259 e. The number of aromatic amines is 1. The summed E-state index contributed by atoms with van der Waals surface area (Å²) in [5.41, 5.74) is 0.786. The summed E-state index contributed by atoms with van der Waals surface area (Å²) in [7, 11) is 3.25. The quantitative estimate of drug-likeness (QED) is 0.539. The summed E-state index contributed by atoms with van der Waals surface area (Å²) in [5.74, 6) is 1.69. The van der Waals surface area contributed by atoms with E-state index >= 15 is 0 Å². The number of carbonyl (C=O) groups excluding carboxylic acids is 2. The predicted molar refractivity (Wildman–Crippen MR) is 119 cm³/mol. The number of carbonyl (C=O) groups is 2. The van der Waals surface area contributed by atoms with Crippen molar-refractivity contribution in [3.63, 3.8) is 0 Å². The molecule has 2 amide bonds. The highest BCUT2D eigenvalue weighted by atomic mass is 16.5. The van der Waals surface area contributed by atoms with Crippen LogP contribution in [0.2, 0.25) is 0 Å². The minimum Gasteiger partial charge on any atom is -0.488 e. The van der Waals surface area contributed by atoms with E-state index in [0.717, 1.165) is 0 Å². The van der Waals surface area contributed by atoms with E-state index in [-0.39, 0.29) is 24.6 Å². The highest BCUT2D eigenvalue weighted by Gasteiger charge is 2.23. The van der Waals surface area contributed by atoms with Crippen molar-refractivity contribution < 1.29 is 28.5 Å². The van der Waals surface area contributed by atoms with Gasteiger partial charge in [0.1, 0.15) is 34.9 Å². The van der Waals surface area contributed by atoms with Gasteiger partial charge in [0.15, 0.2) is 6.73 Å². The first-order valence-electron chi connectivity index (χ1n) is 10.2. The van der Waals surface area contributed by atoms with Crippen molar-refractivity contribution in [1.29, 1.82) is 0 Å². The Morgan fingerprint density at radius 1 is 1.21 bits per heavy atom. The number of nitrogens with one attached hydrogen (secondary N) is 2. The lowest BCUT2D eigenvalue weighted by molar-refractivity contribution is 0.0595. The number of amides is 2. The average Bonchev–Trinajstić information content (AvgIpc) is 3.29. The number of hydrogen-bond acceptors (Lipinski definition) is 7. The highest BCUT2D eigenvalue weighted by molar-refractivity contribution is 6.04. The van der Waals surface area contributed by atoms with Crippen molar-refractivity contribution in [2.24, 2.45) is 0 Å². The molecule has 0 aliphatic carbocycles. The number of anilines is 1. The standard InChI is InChI=1S/C23H24N4O6/c1-14(12-30-3)32-17-8-15(22(28)25-21-6-7-24-26-21)9-18(10-17)33-16-4-5-19-20(11-16)31-13-27(2)23(19)29/h4-11,14H,12-13H2,1-3H3,(H2,24,25,26,28)/t14-/m0/s1. The van der Waals surface area contributed by atoms with Gasteiger partial charge in [0.05, 0.1) is 18.4 Å². The van der Waals surface area contributed by atoms with Crippen molar-refractivity contribution in [1.82, 2.24) is 15.1 Å². The molecule has 1 aliphatic rings. The molecule has 172 valence electrons. The number of aromatic nitrogens is 2. The molecule has 33 heavy (non-hydrogen) atoms. The summed E-state index contributed by atoms with van der Waals surface area (Å²) in [4.78, 5) is 26.5. The van der Waals surface area contributed by atoms with Gasteiger partial charge in [-0.25, -0.2) is 0 Å². The summed E-state index contributed by atoms with van der Waals surface area (Å²) in [6.07, 6.45) is 1.30. The van der Waals surface area contributed by atoms with E-state index in [0.29, 0.717) is 46.5 Å². The Balaban J connectivity index is 1.61. The van der Waals surface area contributed by atoms with Crippen molar-refractivity contribution in [2.45, 2.75) is 13.0 Å². The Bertz CT molecular complexity index is 1150. The van der Waals surface area contributed by atoms with E-state index in [2.05, 4.69) is 15.5 Å². The van der Waals surface area contributed by atoms with Crippen molar-refractivity contribution in [2.75, 3.05) is 32.8 Å². The number of nitrogens with zero attached hydrogens (tertiary/aromatic N) is 2. The zero-order chi connectivity index (χ0) is 23.4. The van der Waals surface area contributed by atoms with Crippen LogP contribution < -0.4 is 19.5 Å². The number of benzene rings is 2. The minimum atomic E-state index is -0.364. The Labute approximate surface area is 190 Å². The van der Waals surface area contributed by atoms with Crippen LogP contribution >= 0.6 is 0 Å². The van der Waals surface area contributed by atoms with E-state index in [9.17, 15) is 9.59 Å². The SMILES string of the molecule is COC[C@H](C)Oc1cc(Oc2ccc3c(c2)OCN(C)C3=O)cc(C(=O)Nc2ccn[nH]2)c1. The number of methoxy groups -OCH3 is 1. The third-order valence-corrected chi connectivity index (χ3v) is 4.81. The molecule has 1 aliphatic heterocycles. The molecular formula is C23H24N4O6. The molecule has 10 nitrogen and oxygen atoms in total. The maximum atomic E-state index is 12.8. The molecule has 4 rings (SSSR count). The van der Waals surface area contributed by atoms with E-state index < -0.39 is 0 Å². The van der Waals surface area contributed by atoms with Crippen molar-refractivity contribution in [3.05, 3.63) is 59.8 Å². The molecule has 0 bridgehead atoms. The molecule has 2 heterocycles. The van der Waals surface area contributed by atoms with Crippen LogP contribution in [0.25, 0.3) is 0 Å². The molecule has 0 saturated carbocycles. The van der Waals surface area contributed by atoms with Crippen LogP contribution in [0.3, 0.4) is 0 Å². The maximum Gasteiger partial charge on any atom is 0.259 e. The van der Waals surface area contributed by atoms with E-state index in [1.807, 2.05) is 6.92 Å². The van der Waals surface area contributed by atoms with E-state index in [1.54, 1.807) is 56.6 Å². The normalized spacial score (nSPS) is 13.7. The minimum absolute atomic E-state index is 0.122. The summed E-state index contributed by atoms with van der Waals surface area (Å²) in [6, 6.07) is 11.5. The van der Waals surface area contributed by atoms with Gasteiger partial charge in [0, 0.05) is 37.9 Å². The summed E-state index contributed by atoms with van der Waals surface area (Å²) in [5, 5.41) is 9.24. The van der Waals surface area contributed by atoms with Gasteiger partial charge in [-0.2, -0.15) is 5.10 Å². The van der Waals surface area contributed by atoms with Crippen LogP contribution in [0.15, 0.2) is 48.7 Å². The Hall–Kier alpha value is -4.05. The second-order valence-electron chi connectivity index (χ2n) is 7.54. The fraction of sp³-hybridized carbons (Fsp3) is 0.261. The molecule has 2 N–H and O–H groups in total. The number of ether oxygens (including phenoxy) is 4. The molecule has 0 saturated heterocycles. The highest BCUT2D eigenvalue weighted by Crippen LogP contribution is 2.33. The van der Waals surface area contributed by atoms with Gasteiger partial charge in [-0.3, -0.25) is 14.7 Å². The average molecular weight is 452 g/mol. The molecule has 10 heteroatoms. The van der Waals surface area contributed by atoms with Gasteiger partial charge in [0.2, 0.25) is 0 Å². The Morgan fingerprint density at radius 3 is 2.79 bits per heavy atom. The molecule has 1 aromatic heterocycles. The van der Waals surface area contributed by atoms with Gasteiger partial charge in [-0.15, -0.1) is 0 Å². The molecule has 3 aromatic rings. The summed E-state index contributed by atoms with van der Waals surface area (Å²) >= 11 is 0. The van der Waals surface area contributed by atoms with Crippen LogP contribution in [0.1, 0.15) is 27.6 Å². The van der Waals surface area contributed by atoms with Crippen LogP contribution in [0, 0.1) is 0 Å². The molecule has 0 fully saturated rings. The third kappa shape index (κ3) is 5.24. The molecule has 2 aromatic carbocycles. The molecule has 1 atom stereocenters. The van der Waals surface area contributed by atoms with Crippen molar-refractivity contribution >= 4 is 17.6 Å². The van der Waals surface area contributed by atoms with Crippen LogP contribution in [-0.4, -0.2) is 60.5 Å². The first kappa shape index (κ1) is 22.2. The lowest BCUT2D eigenvalue weighted by Crippen LogP contribution is -2.35. The fourth-order valence-corrected chi connectivity index (χ4v) is 3.28. The van der Waals surface area contributed by atoms with E-state index in [4.69, 9.17) is 18.9 Å². The molecular weight excluding hydrogens is 428 g/mol. The van der Waals surface area contributed by atoms with Crippen molar-refractivity contribution in [3.8, 4) is 23.0 Å². The van der Waals surface area contributed by atoms with Crippen LogP contribution in [0.5, 0.6) is 23.0 Å². The van der Waals surface area contributed by atoms with Gasteiger partial charge in [-0.1, -0.05) is 0 Å². The monoisotopic (exact) mass is 452 g/mol. The molecule has 0 spiro atoms. The third-order valence-electron chi connectivity index (χ3n) is 4.81. The maximum absolute atomic E-state index is 12.8. The Morgan fingerprint density at radius 2 is 2.03 bits per heavy atom. The lowest BCUT2D eigenvalue weighted by atomic mass is 10.1. The first-order chi connectivity index (χ1) is 15.9. The van der Waals surface area contributed by atoms with Gasteiger partial charge >= 0.3 is 0 Å². The summed E-state index contributed by atoms with van der Waals surface area (Å²) in [6.45, 7) is 2.40. The lowest BCUT2D eigenvalue weighted by Gasteiger charge is -2.25. The fourth-order valence-electron chi connectivity index (χ4n) is 3.28. The van der Waals surface area contributed by atoms with Gasteiger partial charge in [0.25, 0.3) is 11.8 Å². The topological polar surface area (TPSA) is 115 Å². The zero-order valence-corrected chi connectivity index (χ0v) is 18.5. The predicted octanol–water partition coefficient (Wildman–Crippen LogP) is 3.29. The summed E-state index contributed by atoms with van der Waals surface area (Å²) < 4.78 is 22.6. The van der Waals surface area contributed by atoms with Crippen LogP contribution in [0.4, 0.5) is 5.82 Å². The molecule has 0 unspecified atom stereocenters. The number of rotatable bonds is 8.